The first-order chi connectivity index (χ1) is 14.4. The topological polar surface area (TPSA) is 17.3 Å². The molecular formula is C27H16N2. The molecule has 0 fully saturated rings. The van der Waals surface area contributed by atoms with E-state index in [2.05, 4.69) is 89.3 Å². The summed E-state index contributed by atoms with van der Waals surface area (Å²) in [6, 6.07) is 32.7. The molecule has 0 aliphatic carbocycles. The Labute approximate surface area is 166 Å². The molecule has 3 heterocycles. The number of hydrogen-bond acceptors (Lipinski definition) is 1. The SMILES string of the molecule is c1ccc2c(c1)ccc1ccc3c(c4cccnc4c4cc5ccccc5n43)c12. The van der Waals surface area contributed by atoms with E-state index in [1.807, 2.05) is 12.3 Å². The highest BCUT2D eigenvalue weighted by Gasteiger charge is 2.15. The van der Waals surface area contributed by atoms with Crippen molar-refractivity contribution >= 4 is 59.8 Å². The normalized spacial score (nSPS) is 12.1. The van der Waals surface area contributed by atoms with Gasteiger partial charge in [0, 0.05) is 22.4 Å². The fraction of sp³-hybridized carbons (Fsp3) is 0. The van der Waals surface area contributed by atoms with Gasteiger partial charge >= 0.3 is 0 Å². The Bertz CT molecular complexity index is 1760. The van der Waals surface area contributed by atoms with Gasteiger partial charge in [0.1, 0.15) is 0 Å². The molecule has 0 saturated heterocycles. The summed E-state index contributed by atoms with van der Waals surface area (Å²) in [5, 5.41) is 8.84. The highest BCUT2D eigenvalue weighted by atomic mass is 14.9. The number of rotatable bonds is 0. The number of fused-ring (bicyclic) bond motifs is 12. The third-order valence-electron chi connectivity index (χ3n) is 6.16. The molecule has 0 aliphatic rings. The fourth-order valence-electron chi connectivity index (χ4n) is 4.95. The largest absolute Gasteiger partial charge is 0.307 e. The van der Waals surface area contributed by atoms with Crippen molar-refractivity contribution in [1.82, 2.24) is 9.38 Å². The summed E-state index contributed by atoms with van der Waals surface area (Å²) >= 11 is 0. The first-order valence-corrected chi connectivity index (χ1v) is 9.91. The Hall–Kier alpha value is -3.91. The van der Waals surface area contributed by atoms with E-state index in [4.69, 9.17) is 4.98 Å². The van der Waals surface area contributed by atoms with Gasteiger partial charge < -0.3 is 4.40 Å². The van der Waals surface area contributed by atoms with Gasteiger partial charge in [0.25, 0.3) is 0 Å². The first kappa shape index (κ1) is 15.1. The predicted octanol–water partition coefficient (Wildman–Crippen LogP) is 7.10. The van der Waals surface area contributed by atoms with E-state index in [1.54, 1.807) is 0 Å². The lowest BCUT2D eigenvalue weighted by Crippen LogP contribution is -1.93. The van der Waals surface area contributed by atoms with Crippen LogP contribution < -0.4 is 0 Å². The van der Waals surface area contributed by atoms with E-state index < -0.39 is 0 Å². The summed E-state index contributed by atoms with van der Waals surface area (Å²) in [7, 11) is 0. The molecule has 0 bridgehead atoms. The second-order valence-electron chi connectivity index (χ2n) is 7.67. The van der Waals surface area contributed by atoms with Gasteiger partial charge in [-0.25, -0.2) is 0 Å². The van der Waals surface area contributed by atoms with Crippen molar-refractivity contribution in [1.29, 1.82) is 0 Å². The molecule has 7 aromatic rings. The van der Waals surface area contributed by atoms with Crippen LogP contribution in [-0.4, -0.2) is 9.38 Å². The summed E-state index contributed by atoms with van der Waals surface area (Å²) < 4.78 is 2.38. The molecule has 0 saturated carbocycles. The highest BCUT2D eigenvalue weighted by molar-refractivity contribution is 6.28. The molecule has 0 aliphatic heterocycles. The highest BCUT2D eigenvalue weighted by Crippen LogP contribution is 2.39. The zero-order valence-corrected chi connectivity index (χ0v) is 15.6. The molecule has 0 radical (unpaired) electrons. The maximum absolute atomic E-state index is 4.82. The number of pyridine rings is 2. The molecular weight excluding hydrogens is 352 g/mol. The second kappa shape index (κ2) is 5.33. The number of benzene rings is 4. The van der Waals surface area contributed by atoms with Crippen LogP contribution in [0, 0.1) is 0 Å². The lowest BCUT2D eigenvalue weighted by atomic mass is 9.96. The third kappa shape index (κ3) is 1.88. The van der Waals surface area contributed by atoms with E-state index in [0.29, 0.717) is 0 Å². The van der Waals surface area contributed by atoms with Crippen molar-refractivity contribution in [3.05, 3.63) is 97.2 Å². The van der Waals surface area contributed by atoms with Crippen LogP contribution in [-0.2, 0) is 0 Å². The maximum atomic E-state index is 4.82. The molecule has 0 spiro atoms. The van der Waals surface area contributed by atoms with Gasteiger partial charge in [0.05, 0.1) is 22.1 Å². The molecule has 0 N–H and O–H groups in total. The van der Waals surface area contributed by atoms with E-state index in [-0.39, 0.29) is 0 Å². The molecule has 0 amide bonds. The minimum absolute atomic E-state index is 1.05. The lowest BCUT2D eigenvalue weighted by molar-refractivity contribution is 1.32. The molecule has 0 atom stereocenters. The first-order valence-electron chi connectivity index (χ1n) is 9.91. The van der Waals surface area contributed by atoms with Gasteiger partial charge in [0.15, 0.2) is 0 Å². The number of nitrogens with zero attached hydrogens (tertiary/aromatic N) is 2. The van der Waals surface area contributed by atoms with E-state index in [1.165, 1.54) is 48.7 Å². The van der Waals surface area contributed by atoms with E-state index >= 15 is 0 Å². The molecule has 0 unspecified atom stereocenters. The van der Waals surface area contributed by atoms with Crippen LogP contribution in [0.25, 0.3) is 59.8 Å². The monoisotopic (exact) mass is 368 g/mol. The predicted molar refractivity (Wildman–Crippen MR) is 123 cm³/mol. The molecule has 2 nitrogen and oxygen atoms in total. The fourth-order valence-corrected chi connectivity index (χ4v) is 4.95. The summed E-state index contributed by atoms with van der Waals surface area (Å²) in [6.45, 7) is 0. The molecule has 7 rings (SSSR count). The zero-order chi connectivity index (χ0) is 18.9. The summed E-state index contributed by atoms with van der Waals surface area (Å²) in [5.41, 5.74) is 4.66. The van der Waals surface area contributed by atoms with Crippen molar-refractivity contribution < 1.29 is 0 Å². The van der Waals surface area contributed by atoms with Gasteiger partial charge in [0.2, 0.25) is 0 Å². The number of hydrogen-bond donors (Lipinski definition) is 0. The van der Waals surface area contributed by atoms with Crippen LogP contribution in [0.2, 0.25) is 0 Å². The van der Waals surface area contributed by atoms with Crippen molar-refractivity contribution in [2.24, 2.45) is 0 Å². The van der Waals surface area contributed by atoms with Crippen molar-refractivity contribution in [2.45, 2.75) is 0 Å². The standard InChI is InChI=1S/C27H16N2/c1-3-8-20-17(6-1)11-12-18-13-14-23-26(25(18)20)21-9-5-15-28-27(21)24-16-19-7-2-4-10-22(19)29(23)24/h1-16H. The molecule has 2 heteroatoms. The minimum atomic E-state index is 1.05. The Kier molecular flexibility index (Phi) is 2.77. The summed E-state index contributed by atoms with van der Waals surface area (Å²) in [5.74, 6) is 0. The number of aromatic nitrogens is 2. The third-order valence-corrected chi connectivity index (χ3v) is 6.16. The van der Waals surface area contributed by atoms with Crippen LogP contribution in [0.15, 0.2) is 97.2 Å². The lowest BCUT2D eigenvalue weighted by Gasteiger charge is -2.13. The van der Waals surface area contributed by atoms with Crippen LogP contribution >= 0.6 is 0 Å². The molecule has 3 aromatic heterocycles. The van der Waals surface area contributed by atoms with Gasteiger partial charge in [-0.15, -0.1) is 0 Å². The van der Waals surface area contributed by atoms with Gasteiger partial charge in [-0.2, -0.15) is 0 Å². The van der Waals surface area contributed by atoms with Crippen LogP contribution in [0.4, 0.5) is 0 Å². The summed E-state index contributed by atoms with van der Waals surface area (Å²) in [6.07, 6.45) is 1.90. The molecule has 4 aromatic carbocycles. The van der Waals surface area contributed by atoms with Crippen molar-refractivity contribution in [3.63, 3.8) is 0 Å². The summed E-state index contributed by atoms with van der Waals surface area (Å²) in [4.78, 5) is 4.82. The van der Waals surface area contributed by atoms with E-state index in [9.17, 15) is 0 Å². The Morgan fingerprint density at radius 2 is 1.28 bits per heavy atom. The van der Waals surface area contributed by atoms with Gasteiger partial charge in [-0.05, 0) is 45.8 Å². The van der Waals surface area contributed by atoms with Crippen LogP contribution in [0.5, 0.6) is 0 Å². The molecule has 29 heavy (non-hydrogen) atoms. The Morgan fingerprint density at radius 1 is 0.517 bits per heavy atom. The second-order valence-corrected chi connectivity index (χ2v) is 7.67. The van der Waals surface area contributed by atoms with E-state index in [0.717, 1.165) is 11.0 Å². The maximum Gasteiger partial charge on any atom is 0.0949 e. The zero-order valence-electron chi connectivity index (χ0n) is 15.6. The van der Waals surface area contributed by atoms with Crippen LogP contribution in [0.3, 0.4) is 0 Å². The minimum Gasteiger partial charge on any atom is -0.307 e. The van der Waals surface area contributed by atoms with Crippen molar-refractivity contribution in [3.8, 4) is 0 Å². The Balaban J connectivity index is 1.92. The average Bonchev–Trinajstić information content (AvgIpc) is 3.18. The number of para-hydroxylation sites is 1. The van der Waals surface area contributed by atoms with Crippen molar-refractivity contribution in [2.75, 3.05) is 0 Å². The Morgan fingerprint density at radius 3 is 2.24 bits per heavy atom. The quantitative estimate of drug-likeness (QED) is 0.261. The van der Waals surface area contributed by atoms with Gasteiger partial charge in [-0.1, -0.05) is 66.7 Å². The smallest absolute Gasteiger partial charge is 0.0949 e. The van der Waals surface area contributed by atoms with Crippen LogP contribution in [0.1, 0.15) is 0 Å². The molecule has 134 valence electrons. The average molecular weight is 368 g/mol. The van der Waals surface area contributed by atoms with Gasteiger partial charge in [-0.3, -0.25) is 4.98 Å².